The summed E-state index contributed by atoms with van der Waals surface area (Å²) in [7, 11) is 0. The second-order valence-corrected chi connectivity index (χ2v) is 8.66. The molecule has 0 saturated carbocycles. The van der Waals surface area contributed by atoms with Crippen LogP contribution in [0.2, 0.25) is 0 Å². The summed E-state index contributed by atoms with van der Waals surface area (Å²) < 4.78 is 0. The first-order chi connectivity index (χ1) is 17.2. The quantitative estimate of drug-likeness (QED) is 0.339. The lowest BCUT2D eigenvalue weighted by Gasteiger charge is -2.26. The molecule has 5 aromatic rings. The Bertz CT molecular complexity index is 1540. The fourth-order valence-electron chi connectivity index (χ4n) is 5.00. The molecule has 5 heteroatoms. The zero-order valence-electron chi connectivity index (χ0n) is 18.9. The van der Waals surface area contributed by atoms with Gasteiger partial charge in [0, 0.05) is 27.7 Å². The van der Waals surface area contributed by atoms with Crippen LogP contribution in [0.3, 0.4) is 0 Å². The summed E-state index contributed by atoms with van der Waals surface area (Å²) in [5.74, 6) is -0.374. The van der Waals surface area contributed by atoms with Gasteiger partial charge in [0.1, 0.15) is 6.54 Å². The van der Waals surface area contributed by atoms with Gasteiger partial charge in [-0.1, -0.05) is 84.9 Å². The van der Waals surface area contributed by atoms with Gasteiger partial charge in [-0.3, -0.25) is 9.59 Å². The topological polar surface area (TPSA) is 65.2 Å². The molecule has 5 nitrogen and oxygen atoms in total. The van der Waals surface area contributed by atoms with Gasteiger partial charge in [-0.05, 0) is 35.4 Å². The maximum Gasteiger partial charge on any atom is 0.255 e. The van der Waals surface area contributed by atoms with Crippen LogP contribution < -0.4 is 5.32 Å². The number of hydrogen-bond donors (Lipinski definition) is 2. The molecule has 0 radical (unpaired) electrons. The van der Waals surface area contributed by atoms with Gasteiger partial charge in [0.2, 0.25) is 5.91 Å². The van der Waals surface area contributed by atoms with Gasteiger partial charge >= 0.3 is 0 Å². The first-order valence-corrected chi connectivity index (χ1v) is 11.6. The van der Waals surface area contributed by atoms with Gasteiger partial charge < -0.3 is 15.2 Å². The molecule has 35 heavy (non-hydrogen) atoms. The SMILES string of the molecule is O=C(CN1C(=O)c2ccccc2[C@@H]1c1c(-c2ccccc2)[nH]c2ccccc12)Nc1ccccc1. The highest BCUT2D eigenvalue weighted by atomic mass is 16.2. The Morgan fingerprint density at radius 1 is 0.800 bits per heavy atom. The number of rotatable bonds is 5. The molecule has 1 aromatic heterocycles. The molecule has 1 aliphatic heterocycles. The van der Waals surface area contributed by atoms with Gasteiger partial charge in [-0.2, -0.15) is 0 Å². The normalized spacial score (nSPS) is 14.8. The summed E-state index contributed by atoms with van der Waals surface area (Å²) in [6.45, 7) is -0.0548. The fraction of sp³-hybridized carbons (Fsp3) is 0.0667. The van der Waals surface area contributed by atoms with E-state index in [2.05, 4.69) is 28.5 Å². The highest BCUT2D eigenvalue weighted by molar-refractivity contribution is 6.05. The Morgan fingerprint density at radius 2 is 1.46 bits per heavy atom. The molecule has 4 aromatic carbocycles. The Morgan fingerprint density at radius 3 is 2.26 bits per heavy atom. The van der Waals surface area contributed by atoms with Crippen LogP contribution in [0.4, 0.5) is 5.69 Å². The lowest BCUT2D eigenvalue weighted by atomic mass is 9.93. The number of anilines is 1. The lowest BCUT2D eigenvalue weighted by Crippen LogP contribution is -2.36. The number of nitrogens with zero attached hydrogens (tertiary/aromatic N) is 1. The predicted molar refractivity (Wildman–Crippen MR) is 138 cm³/mol. The van der Waals surface area contributed by atoms with Crippen molar-refractivity contribution in [1.29, 1.82) is 0 Å². The number of amides is 2. The molecule has 0 bridgehead atoms. The fourth-order valence-corrected chi connectivity index (χ4v) is 5.00. The molecule has 0 unspecified atom stereocenters. The van der Waals surface area contributed by atoms with Crippen LogP contribution in [0.25, 0.3) is 22.2 Å². The van der Waals surface area contributed by atoms with Crippen molar-refractivity contribution in [1.82, 2.24) is 9.88 Å². The van der Waals surface area contributed by atoms with E-state index in [1.807, 2.05) is 91.0 Å². The molecule has 2 N–H and O–H groups in total. The molecule has 1 aliphatic rings. The van der Waals surface area contributed by atoms with Crippen molar-refractivity contribution in [3.63, 3.8) is 0 Å². The third-order valence-corrected chi connectivity index (χ3v) is 6.51. The number of aromatic amines is 1. The summed E-state index contributed by atoms with van der Waals surface area (Å²) in [6, 6.07) is 34.8. The Balaban J connectivity index is 1.49. The van der Waals surface area contributed by atoms with Crippen molar-refractivity contribution in [3.8, 4) is 11.3 Å². The van der Waals surface area contributed by atoms with Crippen LogP contribution >= 0.6 is 0 Å². The van der Waals surface area contributed by atoms with Crippen molar-refractivity contribution < 1.29 is 9.59 Å². The van der Waals surface area contributed by atoms with Gasteiger partial charge in [0.15, 0.2) is 0 Å². The van der Waals surface area contributed by atoms with Crippen LogP contribution in [-0.2, 0) is 4.79 Å². The average molecular weight is 458 g/mol. The molecule has 170 valence electrons. The van der Waals surface area contributed by atoms with Crippen molar-refractivity contribution in [3.05, 3.63) is 126 Å². The van der Waals surface area contributed by atoms with Gasteiger partial charge in [-0.25, -0.2) is 0 Å². The summed E-state index contributed by atoms with van der Waals surface area (Å²) in [6.07, 6.45) is 0. The summed E-state index contributed by atoms with van der Waals surface area (Å²) >= 11 is 0. The third kappa shape index (κ3) is 3.67. The maximum absolute atomic E-state index is 13.6. The van der Waals surface area contributed by atoms with E-state index in [1.54, 1.807) is 4.90 Å². The molecule has 0 fully saturated rings. The maximum atomic E-state index is 13.6. The number of nitrogens with one attached hydrogen (secondary N) is 2. The van der Waals surface area contributed by atoms with E-state index in [9.17, 15) is 9.59 Å². The van der Waals surface area contributed by atoms with E-state index in [4.69, 9.17) is 0 Å². The second-order valence-electron chi connectivity index (χ2n) is 8.66. The number of hydrogen-bond acceptors (Lipinski definition) is 2. The Hall–Kier alpha value is -4.64. The highest BCUT2D eigenvalue weighted by Crippen LogP contribution is 2.45. The molecule has 0 spiro atoms. The van der Waals surface area contributed by atoms with E-state index < -0.39 is 6.04 Å². The minimum absolute atomic E-state index is 0.0548. The minimum atomic E-state index is -0.397. The first-order valence-electron chi connectivity index (χ1n) is 11.6. The van der Waals surface area contributed by atoms with Crippen molar-refractivity contribution >= 4 is 28.4 Å². The first kappa shape index (κ1) is 20.9. The van der Waals surface area contributed by atoms with E-state index >= 15 is 0 Å². The molecular weight excluding hydrogens is 434 g/mol. The van der Waals surface area contributed by atoms with Gasteiger partial charge in [0.25, 0.3) is 5.91 Å². The van der Waals surface area contributed by atoms with E-state index in [0.29, 0.717) is 11.3 Å². The van der Waals surface area contributed by atoms with Crippen molar-refractivity contribution in [2.24, 2.45) is 0 Å². The van der Waals surface area contributed by atoms with Crippen LogP contribution in [0.5, 0.6) is 0 Å². The number of aromatic nitrogens is 1. The van der Waals surface area contributed by atoms with Crippen molar-refractivity contribution in [2.75, 3.05) is 11.9 Å². The van der Waals surface area contributed by atoms with Crippen LogP contribution in [0, 0.1) is 0 Å². The average Bonchev–Trinajstić information content (AvgIpc) is 3.40. The Kier molecular flexibility index (Phi) is 5.15. The smallest absolute Gasteiger partial charge is 0.255 e. The monoisotopic (exact) mass is 457 g/mol. The van der Waals surface area contributed by atoms with E-state index in [-0.39, 0.29) is 18.4 Å². The second kappa shape index (κ2) is 8.61. The van der Waals surface area contributed by atoms with Gasteiger partial charge in [0.05, 0.1) is 11.7 Å². The number of benzene rings is 4. The molecular formula is C30H23N3O2. The summed E-state index contributed by atoms with van der Waals surface area (Å²) in [5, 5.41) is 3.96. The molecule has 0 aliphatic carbocycles. The predicted octanol–water partition coefficient (Wildman–Crippen LogP) is 6.02. The Labute approximate surface area is 203 Å². The minimum Gasteiger partial charge on any atom is -0.354 e. The van der Waals surface area contributed by atoms with Crippen molar-refractivity contribution in [2.45, 2.75) is 6.04 Å². The molecule has 2 heterocycles. The van der Waals surface area contributed by atoms with Crippen LogP contribution in [0.15, 0.2) is 109 Å². The third-order valence-electron chi connectivity index (χ3n) is 6.51. The lowest BCUT2D eigenvalue weighted by molar-refractivity contribution is -0.117. The largest absolute Gasteiger partial charge is 0.354 e. The number of carbonyl (C=O) groups excluding carboxylic acids is 2. The number of para-hydroxylation sites is 2. The molecule has 6 rings (SSSR count). The summed E-state index contributed by atoms with van der Waals surface area (Å²) in [4.78, 5) is 32.0. The van der Waals surface area contributed by atoms with E-state index in [0.717, 1.165) is 33.3 Å². The van der Waals surface area contributed by atoms with Crippen LogP contribution in [-0.4, -0.2) is 28.2 Å². The number of fused-ring (bicyclic) bond motifs is 2. The van der Waals surface area contributed by atoms with Crippen LogP contribution in [0.1, 0.15) is 27.5 Å². The zero-order valence-corrected chi connectivity index (χ0v) is 18.9. The number of carbonyl (C=O) groups is 2. The molecule has 1 atom stereocenters. The summed E-state index contributed by atoms with van der Waals surface area (Å²) in [5.41, 5.74) is 6.22. The van der Waals surface area contributed by atoms with E-state index in [1.165, 1.54) is 0 Å². The molecule has 2 amide bonds. The zero-order chi connectivity index (χ0) is 23.8. The molecule has 0 saturated heterocycles. The standard InChI is InChI=1S/C30H23N3O2/c34-26(31-21-13-5-2-6-14-21)19-33-29(22-15-7-8-16-23(22)30(33)35)27-24-17-9-10-18-25(24)32-28(27)20-11-3-1-4-12-20/h1-18,29,32H,19H2,(H,31,34)/t29-/m1/s1. The van der Waals surface area contributed by atoms with Gasteiger partial charge in [-0.15, -0.1) is 0 Å². The number of H-pyrrole nitrogens is 1. The highest BCUT2D eigenvalue weighted by Gasteiger charge is 2.40.